The second-order valence-corrected chi connectivity index (χ2v) is 5.95. The first-order valence-electron chi connectivity index (χ1n) is 8.63. The molecule has 8 nitrogen and oxygen atoms in total. The monoisotopic (exact) mass is 344 g/mol. The van der Waals surface area contributed by atoms with Crippen LogP contribution >= 0.6 is 0 Å². The molecule has 0 aromatic carbocycles. The van der Waals surface area contributed by atoms with Crippen molar-refractivity contribution in [1.29, 1.82) is 0 Å². The second-order valence-electron chi connectivity index (χ2n) is 5.95. The highest BCUT2D eigenvalue weighted by molar-refractivity contribution is 5.92. The van der Waals surface area contributed by atoms with Gasteiger partial charge in [-0.2, -0.15) is 5.10 Å². The normalized spacial score (nSPS) is 16.9. The van der Waals surface area contributed by atoms with Gasteiger partial charge in [0.25, 0.3) is 11.8 Å². The van der Waals surface area contributed by atoms with Gasteiger partial charge in [0.05, 0.1) is 12.6 Å². The van der Waals surface area contributed by atoms with Crippen LogP contribution in [0.5, 0.6) is 5.88 Å². The summed E-state index contributed by atoms with van der Waals surface area (Å²) in [4.78, 5) is 25.4. The van der Waals surface area contributed by atoms with Gasteiger partial charge < -0.3 is 14.5 Å². The molecule has 1 aliphatic rings. The molecule has 3 rings (SSSR count). The highest BCUT2D eigenvalue weighted by Crippen LogP contribution is 2.27. The van der Waals surface area contributed by atoms with Crippen molar-refractivity contribution in [2.45, 2.75) is 32.9 Å². The largest absolute Gasteiger partial charge is 0.475 e. The molecule has 1 atom stereocenters. The summed E-state index contributed by atoms with van der Waals surface area (Å²) in [7, 11) is 1.85. The molecular formula is C17H24N6O2. The van der Waals surface area contributed by atoms with Crippen molar-refractivity contribution in [3.8, 4) is 5.88 Å². The number of hydrogen-bond acceptors (Lipinski definition) is 6. The zero-order valence-corrected chi connectivity index (χ0v) is 14.9. The Morgan fingerprint density at radius 1 is 1.32 bits per heavy atom. The number of aromatic nitrogens is 4. The van der Waals surface area contributed by atoms with Gasteiger partial charge in [0.2, 0.25) is 0 Å². The van der Waals surface area contributed by atoms with Crippen LogP contribution in [0, 0.1) is 0 Å². The van der Waals surface area contributed by atoms with Crippen LogP contribution in [0.15, 0.2) is 24.7 Å². The molecule has 0 unspecified atom stereocenters. The first-order valence-corrected chi connectivity index (χ1v) is 8.63. The van der Waals surface area contributed by atoms with Crippen molar-refractivity contribution < 1.29 is 9.53 Å². The number of amides is 1. The van der Waals surface area contributed by atoms with E-state index in [1.54, 1.807) is 34.2 Å². The van der Waals surface area contributed by atoms with Crippen LogP contribution in [0.3, 0.4) is 0 Å². The van der Waals surface area contributed by atoms with Crippen LogP contribution in [0.4, 0.5) is 5.82 Å². The van der Waals surface area contributed by atoms with Gasteiger partial charge in [-0.25, -0.2) is 9.97 Å². The van der Waals surface area contributed by atoms with Gasteiger partial charge in [-0.3, -0.25) is 9.48 Å². The molecule has 3 heterocycles. The minimum absolute atomic E-state index is 0.00428. The maximum Gasteiger partial charge on any atom is 0.272 e. The molecule has 8 heteroatoms. The van der Waals surface area contributed by atoms with Crippen molar-refractivity contribution in [2.75, 3.05) is 31.6 Å². The molecule has 1 fully saturated rings. The van der Waals surface area contributed by atoms with Crippen molar-refractivity contribution in [2.24, 2.45) is 0 Å². The van der Waals surface area contributed by atoms with Gasteiger partial charge in [0, 0.05) is 45.3 Å². The molecule has 0 bridgehead atoms. The Kier molecular flexibility index (Phi) is 5.16. The third kappa shape index (κ3) is 3.42. The van der Waals surface area contributed by atoms with Crippen LogP contribution < -0.4 is 9.64 Å². The minimum atomic E-state index is -0.00428. The number of likely N-dealkylation sites (N-methyl/N-ethyl adjacent to an activating group) is 1. The summed E-state index contributed by atoms with van der Waals surface area (Å²) < 4.78 is 7.30. The lowest BCUT2D eigenvalue weighted by Gasteiger charge is -2.25. The van der Waals surface area contributed by atoms with E-state index in [4.69, 9.17) is 4.74 Å². The lowest BCUT2D eigenvalue weighted by molar-refractivity contribution is 0.0732. The number of carbonyl (C=O) groups excluding carboxylic acids is 1. The molecule has 25 heavy (non-hydrogen) atoms. The van der Waals surface area contributed by atoms with Crippen LogP contribution in [0.25, 0.3) is 0 Å². The molecule has 0 spiro atoms. The van der Waals surface area contributed by atoms with E-state index in [2.05, 4.69) is 20.0 Å². The number of rotatable bonds is 6. The van der Waals surface area contributed by atoms with Gasteiger partial charge in [0.15, 0.2) is 5.82 Å². The van der Waals surface area contributed by atoms with Crippen LogP contribution in [0.1, 0.15) is 30.8 Å². The first kappa shape index (κ1) is 17.2. The fraction of sp³-hybridized carbons (Fsp3) is 0.529. The molecule has 1 aliphatic heterocycles. The smallest absolute Gasteiger partial charge is 0.272 e. The topological polar surface area (TPSA) is 76.4 Å². The Morgan fingerprint density at radius 2 is 2.12 bits per heavy atom. The predicted molar refractivity (Wildman–Crippen MR) is 93.8 cm³/mol. The summed E-state index contributed by atoms with van der Waals surface area (Å²) in [5, 5.41) is 4.18. The Morgan fingerprint density at radius 3 is 2.88 bits per heavy atom. The number of anilines is 1. The molecule has 0 radical (unpaired) electrons. The Hall–Kier alpha value is -2.64. The summed E-state index contributed by atoms with van der Waals surface area (Å²) in [6.45, 7) is 6.65. The summed E-state index contributed by atoms with van der Waals surface area (Å²) in [5.74, 6) is 1.28. The van der Waals surface area contributed by atoms with Gasteiger partial charge >= 0.3 is 0 Å². The van der Waals surface area contributed by atoms with Crippen molar-refractivity contribution >= 4 is 11.7 Å². The highest BCUT2D eigenvalue weighted by atomic mass is 16.5. The lowest BCUT2D eigenvalue weighted by Crippen LogP contribution is -2.40. The van der Waals surface area contributed by atoms with E-state index in [9.17, 15) is 4.79 Å². The number of aryl methyl sites for hydroxylation is 1. The number of ether oxygens (including phenoxy) is 1. The van der Waals surface area contributed by atoms with E-state index in [1.165, 1.54) is 0 Å². The van der Waals surface area contributed by atoms with Crippen LogP contribution in [-0.4, -0.2) is 63.3 Å². The average molecular weight is 344 g/mol. The van der Waals surface area contributed by atoms with Gasteiger partial charge in [-0.05, 0) is 26.3 Å². The van der Waals surface area contributed by atoms with E-state index in [0.717, 1.165) is 18.8 Å². The molecule has 0 N–H and O–H groups in total. The standard InChI is InChI=1S/C17H24N6O2/c1-4-23-14(6-8-20-23)17(24)21(3)13-7-11-22(12-13)15-16(25-5-2)19-10-9-18-15/h6,8-10,13H,4-5,7,11-12H2,1-3H3/t13-/m1/s1. The average Bonchev–Trinajstić information content (AvgIpc) is 3.30. The fourth-order valence-electron chi connectivity index (χ4n) is 3.14. The minimum Gasteiger partial charge on any atom is -0.475 e. The third-order valence-electron chi connectivity index (χ3n) is 4.49. The van der Waals surface area contributed by atoms with E-state index in [0.29, 0.717) is 31.3 Å². The summed E-state index contributed by atoms with van der Waals surface area (Å²) >= 11 is 0. The van der Waals surface area contributed by atoms with Crippen molar-refractivity contribution in [1.82, 2.24) is 24.6 Å². The van der Waals surface area contributed by atoms with E-state index >= 15 is 0 Å². The molecule has 2 aromatic heterocycles. The van der Waals surface area contributed by atoms with E-state index < -0.39 is 0 Å². The Bertz CT molecular complexity index is 731. The zero-order valence-electron chi connectivity index (χ0n) is 14.9. The maximum absolute atomic E-state index is 12.8. The van der Waals surface area contributed by atoms with Gasteiger partial charge in [0.1, 0.15) is 5.69 Å². The zero-order chi connectivity index (χ0) is 17.8. The fourth-order valence-corrected chi connectivity index (χ4v) is 3.14. The van der Waals surface area contributed by atoms with Crippen LogP contribution in [0.2, 0.25) is 0 Å². The predicted octanol–water partition coefficient (Wildman–Crippen LogP) is 1.44. The molecule has 2 aromatic rings. The first-order chi connectivity index (χ1) is 12.2. The quantitative estimate of drug-likeness (QED) is 0.789. The van der Waals surface area contributed by atoms with Gasteiger partial charge in [-0.1, -0.05) is 0 Å². The molecule has 1 amide bonds. The molecule has 134 valence electrons. The second kappa shape index (κ2) is 7.50. The van der Waals surface area contributed by atoms with E-state index in [-0.39, 0.29) is 11.9 Å². The maximum atomic E-state index is 12.8. The highest BCUT2D eigenvalue weighted by Gasteiger charge is 2.32. The molecular weight excluding hydrogens is 320 g/mol. The van der Waals surface area contributed by atoms with Crippen molar-refractivity contribution in [3.63, 3.8) is 0 Å². The Labute approximate surface area is 147 Å². The number of nitrogens with zero attached hydrogens (tertiary/aromatic N) is 6. The van der Waals surface area contributed by atoms with E-state index in [1.807, 2.05) is 20.9 Å². The summed E-state index contributed by atoms with van der Waals surface area (Å²) in [6, 6.07) is 1.88. The molecule has 0 aliphatic carbocycles. The summed E-state index contributed by atoms with van der Waals surface area (Å²) in [5.41, 5.74) is 0.623. The molecule has 1 saturated heterocycles. The van der Waals surface area contributed by atoms with Crippen LogP contribution in [-0.2, 0) is 6.54 Å². The lowest BCUT2D eigenvalue weighted by atomic mass is 10.2. The van der Waals surface area contributed by atoms with Crippen molar-refractivity contribution in [3.05, 3.63) is 30.4 Å². The molecule has 0 saturated carbocycles. The number of hydrogen-bond donors (Lipinski definition) is 0. The van der Waals surface area contributed by atoms with Gasteiger partial charge in [-0.15, -0.1) is 0 Å². The SMILES string of the molecule is CCOc1nccnc1N1CC[C@@H](N(C)C(=O)c2ccnn2CC)C1. The summed E-state index contributed by atoms with van der Waals surface area (Å²) in [6.07, 6.45) is 5.84. The third-order valence-corrected chi connectivity index (χ3v) is 4.49. The Balaban J connectivity index is 1.71. The number of carbonyl (C=O) groups is 1.